The zero-order chi connectivity index (χ0) is 22.6. The first-order chi connectivity index (χ1) is 16.2. The van der Waals surface area contributed by atoms with Gasteiger partial charge in [-0.1, -0.05) is 79.9 Å². The minimum Gasteiger partial charge on any atom is -0.351 e. The number of hydrogen-bond acceptors (Lipinski definition) is 5. The van der Waals surface area contributed by atoms with E-state index >= 15 is 0 Å². The molecule has 6 heteroatoms. The van der Waals surface area contributed by atoms with Crippen molar-refractivity contribution in [2.24, 2.45) is 0 Å². The highest BCUT2D eigenvalue weighted by Gasteiger charge is 2.24. The predicted octanol–water partition coefficient (Wildman–Crippen LogP) is 5.28. The van der Waals surface area contributed by atoms with Crippen molar-refractivity contribution in [2.75, 3.05) is 16.8 Å². The van der Waals surface area contributed by atoms with Crippen molar-refractivity contribution in [1.82, 2.24) is 20.2 Å². The molecule has 0 saturated heterocycles. The molecule has 1 aliphatic heterocycles. The molecule has 1 aliphatic rings. The second-order valence-electron chi connectivity index (χ2n) is 8.04. The number of nitrogens with zero attached hydrogens (tertiary/aromatic N) is 4. The second-order valence-corrected chi connectivity index (χ2v) is 8.04. The summed E-state index contributed by atoms with van der Waals surface area (Å²) in [4.78, 5) is 11.9. The Kier molecular flexibility index (Phi) is 5.72. The molecule has 0 atom stereocenters. The number of rotatable bonds is 8. The Hall–Kier alpha value is -4.19. The van der Waals surface area contributed by atoms with E-state index in [4.69, 9.17) is 4.98 Å². The van der Waals surface area contributed by atoms with Gasteiger partial charge in [0, 0.05) is 26.1 Å². The lowest BCUT2D eigenvalue weighted by Crippen LogP contribution is -2.29. The molecule has 5 rings (SSSR count). The molecule has 0 amide bonds. The number of allylic oxidation sites excluding steroid dienone is 4. The monoisotopic (exact) mass is 434 g/mol. The van der Waals surface area contributed by atoms with Crippen LogP contribution in [0.4, 0.5) is 11.8 Å². The van der Waals surface area contributed by atoms with Crippen LogP contribution in [0.1, 0.15) is 22.4 Å². The zero-order valence-corrected chi connectivity index (χ0v) is 18.5. The van der Waals surface area contributed by atoms with Crippen LogP contribution >= 0.6 is 0 Å². The van der Waals surface area contributed by atoms with Crippen molar-refractivity contribution in [2.45, 2.75) is 19.5 Å². The van der Waals surface area contributed by atoms with Gasteiger partial charge in [0.15, 0.2) is 5.65 Å². The first kappa shape index (κ1) is 20.7. The van der Waals surface area contributed by atoms with Crippen LogP contribution in [-0.4, -0.2) is 26.7 Å². The lowest BCUT2D eigenvalue weighted by Gasteiger charge is -2.28. The quantitative estimate of drug-likeness (QED) is 0.369. The van der Waals surface area contributed by atoms with Crippen LogP contribution in [0.15, 0.2) is 86.0 Å². The SMILES string of the molecule is C=C/C=C(\C=C)c1cccc(CNc2nc3c4c([nH]nc4n2)CCN3Cc2ccccc2)c1. The molecule has 2 N–H and O–H groups in total. The first-order valence-corrected chi connectivity index (χ1v) is 11.1. The zero-order valence-electron chi connectivity index (χ0n) is 18.5. The van der Waals surface area contributed by atoms with Crippen molar-refractivity contribution in [3.8, 4) is 0 Å². The molecule has 0 unspecified atom stereocenters. The second kappa shape index (κ2) is 9.12. The standard InChI is InChI=1S/C27H26N6/c1-3-9-21(4-2)22-13-8-12-20(16-22)17-28-27-29-25-24-23(31-32-25)14-15-33(26(24)30-27)18-19-10-6-5-7-11-19/h3-13,16H,1-2,14-15,17-18H2,(H2,28,29,30,31,32)/b21-9+. The van der Waals surface area contributed by atoms with Gasteiger partial charge in [0.2, 0.25) is 5.95 Å². The largest absolute Gasteiger partial charge is 0.351 e. The summed E-state index contributed by atoms with van der Waals surface area (Å²) in [5.74, 6) is 1.50. The first-order valence-electron chi connectivity index (χ1n) is 11.1. The topological polar surface area (TPSA) is 69.7 Å². The normalized spacial score (nSPS) is 13.2. The number of benzene rings is 2. The van der Waals surface area contributed by atoms with Gasteiger partial charge in [-0.3, -0.25) is 5.10 Å². The Balaban J connectivity index is 1.41. The highest BCUT2D eigenvalue weighted by atomic mass is 15.3. The molecule has 2 aromatic carbocycles. The van der Waals surface area contributed by atoms with E-state index in [0.717, 1.165) is 53.1 Å². The van der Waals surface area contributed by atoms with Crippen LogP contribution in [0.5, 0.6) is 0 Å². The molecule has 0 aliphatic carbocycles. The van der Waals surface area contributed by atoms with Crippen LogP contribution in [0, 0.1) is 0 Å². The lowest BCUT2D eigenvalue weighted by atomic mass is 10.0. The van der Waals surface area contributed by atoms with Crippen molar-refractivity contribution in [3.05, 3.63) is 108 Å². The van der Waals surface area contributed by atoms with Gasteiger partial charge in [0.05, 0.1) is 11.1 Å². The fraction of sp³-hybridized carbons (Fsp3) is 0.148. The smallest absolute Gasteiger partial charge is 0.227 e. The van der Waals surface area contributed by atoms with Crippen LogP contribution in [0.2, 0.25) is 0 Å². The van der Waals surface area contributed by atoms with Crippen molar-refractivity contribution < 1.29 is 0 Å². The summed E-state index contributed by atoms with van der Waals surface area (Å²) in [6, 6.07) is 18.8. The van der Waals surface area contributed by atoms with Gasteiger partial charge in [-0.2, -0.15) is 15.1 Å². The summed E-state index contributed by atoms with van der Waals surface area (Å²) < 4.78 is 0. The Bertz CT molecular complexity index is 1340. The number of H-pyrrole nitrogens is 1. The molecule has 0 saturated carbocycles. The molecule has 0 spiro atoms. The minimum absolute atomic E-state index is 0.575. The molecule has 0 bridgehead atoms. The number of aromatic nitrogens is 4. The molecular formula is C27H26N6. The Morgan fingerprint density at radius 2 is 1.91 bits per heavy atom. The van der Waals surface area contributed by atoms with E-state index in [1.165, 1.54) is 5.56 Å². The number of aromatic amines is 1. The molecular weight excluding hydrogens is 408 g/mol. The molecule has 3 heterocycles. The van der Waals surface area contributed by atoms with Crippen LogP contribution in [0.3, 0.4) is 0 Å². The Morgan fingerprint density at radius 1 is 1.06 bits per heavy atom. The molecule has 2 aromatic heterocycles. The molecule has 0 radical (unpaired) electrons. The van der Waals surface area contributed by atoms with E-state index in [-0.39, 0.29) is 0 Å². The summed E-state index contributed by atoms with van der Waals surface area (Å²) in [5.41, 5.74) is 6.33. The molecule has 33 heavy (non-hydrogen) atoms. The van der Waals surface area contributed by atoms with Crippen molar-refractivity contribution in [1.29, 1.82) is 0 Å². The third-order valence-corrected chi connectivity index (χ3v) is 5.85. The van der Waals surface area contributed by atoms with Crippen LogP contribution in [-0.2, 0) is 19.5 Å². The van der Waals surface area contributed by atoms with E-state index in [2.05, 4.69) is 81.0 Å². The maximum Gasteiger partial charge on any atom is 0.227 e. The summed E-state index contributed by atoms with van der Waals surface area (Å²) in [6.45, 7) is 9.99. The Morgan fingerprint density at radius 3 is 2.73 bits per heavy atom. The van der Waals surface area contributed by atoms with E-state index in [1.807, 2.05) is 24.3 Å². The molecule has 4 aromatic rings. The van der Waals surface area contributed by atoms with E-state index in [0.29, 0.717) is 18.1 Å². The van der Waals surface area contributed by atoms with Gasteiger partial charge in [-0.15, -0.1) is 0 Å². The number of hydrogen-bond donors (Lipinski definition) is 2. The maximum absolute atomic E-state index is 4.90. The number of anilines is 2. The fourth-order valence-electron chi connectivity index (χ4n) is 4.21. The summed E-state index contributed by atoms with van der Waals surface area (Å²) >= 11 is 0. The highest BCUT2D eigenvalue weighted by molar-refractivity contribution is 5.91. The lowest BCUT2D eigenvalue weighted by molar-refractivity contribution is 0.747. The molecule has 6 nitrogen and oxygen atoms in total. The van der Waals surface area contributed by atoms with E-state index < -0.39 is 0 Å². The van der Waals surface area contributed by atoms with Gasteiger partial charge in [0.25, 0.3) is 0 Å². The van der Waals surface area contributed by atoms with Gasteiger partial charge in [-0.05, 0) is 28.3 Å². The van der Waals surface area contributed by atoms with E-state index in [1.54, 1.807) is 6.08 Å². The molecule has 164 valence electrons. The predicted molar refractivity (Wildman–Crippen MR) is 135 cm³/mol. The van der Waals surface area contributed by atoms with Crippen LogP contribution < -0.4 is 10.2 Å². The fourth-order valence-corrected chi connectivity index (χ4v) is 4.21. The van der Waals surface area contributed by atoms with Gasteiger partial charge >= 0.3 is 0 Å². The average Bonchev–Trinajstić information content (AvgIpc) is 3.27. The highest BCUT2D eigenvalue weighted by Crippen LogP contribution is 2.32. The summed E-state index contributed by atoms with van der Waals surface area (Å²) in [7, 11) is 0. The molecule has 0 fully saturated rings. The van der Waals surface area contributed by atoms with Crippen LogP contribution in [0.25, 0.3) is 16.6 Å². The third-order valence-electron chi connectivity index (χ3n) is 5.85. The van der Waals surface area contributed by atoms with Crippen molar-refractivity contribution in [3.63, 3.8) is 0 Å². The average molecular weight is 435 g/mol. The van der Waals surface area contributed by atoms with Gasteiger partial charge < -0.3 is 10.2 Å². The third kappa shape index (κ3) is 4.28. The maximum atomic E-state index is 4.90. The summed E-state index contributed by atoms with van der Waals surface area (Å²) in [6.07, 6.45) is 6.48. The Labute approximate surface area is 193 Å². The van der Waals surface area contributed by atoms with Gasteiger partial charge in [0.1, 0.15) is 5.82 Å². The van der Waals surface area contributed by atoms with Crippen molar-refractivity contribution >= 4 is 28.4 Å². The minimum atomic E-state index is 0.575. The summed E-state index contributed by atoms with van der Waals surface area (Å²) in [5, 5.41) is 12.0. The van der Waals surface area contributed by atoms with Gasteiger partial charge in [-0.25, -0.2) is 0 Å². The van der Waals surface area contributed by atoms with E-state index in [9.17, 15) is 0 Å². The number of nitrogens with one attached hydrogen (secondary N) is 2.